The SMILES string of the molecule is [C-]#[N+]/C(C#N)=C1/c2cc(F)ccc2-c2nc3cc4nc5c(nc4cc3nc21)-c1ccc(F)cc1/C5=C(/C#N)[N+]#[C-]. The van der Waals surface area contributed by atoms with Crippen LogP contribution < -0.4 is 0 Å². The van der Waals surface area contributed by atoms with Gasteiger partial charge in [0.1, 0.15) is 11.6 Å². The Balaban J connectivity index is 1.54. The topological polar surface area (TPSA) is 108 Å². The molecule has 40 heavy (non-hydrogen) atoms. The first-order valence-corrected chi connectivity index (χ1v) is 11.6. The quantitative estimate of drug-likeness (QED) is 0.134. The lowest BCUT2D eigenvalue weighted by Gasteiger charge is -2.07. The van der Waals surface area contributed by atoms with Crippen molar-refractivity contribution < 1.29 is 8.78 Å². The van der Waals surface area contributed by atoms with E-state index >= 15 is 0 Å². The molecule has 2 heterocycles. The summed E-state index contributed by atoms with van der Waals surface area (Å²) < 4.78 is 28.4. The first-order valence-electron chi connectivity index (χ1n) is 11.6. The molecule has 0 bridgehead atoms. The zero-order chi connectivity index (χ0) is 27.7. The number of aromatic nitrogens is 4. The van der Waals surface area contributed by atoms with E-state index in [2.05, 4.69) is 9.69 Å². The van der Waals surface area contributed by atoms with E-state index < -0.39 is 11.6 Å². The van der Waals surface area contributed by atoms with Crippen molar-refractivity contribution in [2.45, 2.75) is 0 Å². The van der Waals surface area contributed by atoms with Gasteiger partial charge in [0.25, 0.3) is 11.4 Å². The fourth-order valence-electron chi connectivity index (χ4n) is 5.20. The molecule has 0 atom stereocenters. The van der Waals surface area contributed by atoms with Crippen LogP contribution in [0.3, 0.4) is 0 Å². The van der Waals surface area contributed by atoms with E-state index in [9.17, 15) is 19.3 Å². The van der Waals surface area contributed by atoms with Crippen LogP contribution in [-0.2, 0) is 0 Å². The first kappa shape index (κ1) is 22.8. The van der Waals surface area contributed by atoms with Crippen LogP contribution in [0.25, 0.3) is 65.4 Å². The molecular formula is C30H8F2N8. The summed E-state index contributed by atoms with van der Waals surface area (Å²) in [6.45, 7) is 14.9. The third-order valence-electron chi connectivity index (χ3n) is 6.84. The third-order valence-corrected chi connectivity index (χ3v) is 6.84. The van der Waals surface area contributed by atoms with E-state index in [4.69, 9.17) is 33.1 Å². The van der Waals surface area contributed by atoms with Gasteiger partial charge in [-0.15, -0.1) is 0 Å². The van der Waals surface area contributed by atoms with Crippen LogP contribution in [0.5, 0.6) is 0 Å². The molecule has 0 unspecified atom stereocenters. The van der Waals surface area contributed by atoms with Crippen LogP contribution in [0.2, 0.25) is 0 Å². The minimum atomic E-state index is -0.523. The van der Waals surface area contributed by atoms with Gasteiger partial charge in [-0.05, 0) is 59.7 Å². The standard InChI is InChI=1S/C30H8F2N8/c1-35-23(11-33)25-17-7-13(31)3-5-15(17)27-29(25)39-21-9-20-22(10-19(21)37-27)40-30-26(24(12-34)36-2)18-8-14(32)4-6-16(18)28(30)38-20/h3-10H/b25-23-,26-24+. The second-order valence-corrected chi connectivity index (χ2v) is 8.95. The maximum Gasteiger partial charge on any atom is 0.271 e. The van der Waals surface area contributed by atoms with E-state index in [1.807, 2.05) is 12.1 Å². The minimum Gasteiger partial charge on any atom is -0.245 e. The van der Waals surface area contributed by atoms with Crippen LogP contribution in [0, 0.1) is 47.4 Å². The Morgan fingerprint density at radius 2 is 0.950 bits per heavy atom. The fourth-order valence-corrected chi connectivity index (χ4v) is 5.20. The molecule has 10 heteroatoms. The third kappa shape index (κ3) is 2.99. The molecule has 2 aliphatic rings. The highest BCUT2D eigenvalue weighted by molar-refractivity contribution is 6.06. The van der Waals surface area contributed by atoms with Crippen molar-refractivity contribution in [3.8, 4) is 34.7 Å². The van der Waals surface area contributed by atoms with E-state index in [1.54, 1.807) is 12.1 Å². The number of allylic oxidation sites excluding steroid dienone is 2. The number of fused-ring (bicyclic) bond motifs is 8. The van der Waals surface area contributed by atoms with E-state index in [0.717, 1.165) is 0 Å². The largest absolute Gasteiger partial charge is 0.271 e. The number of rotatable bonds is 0. The van der Waals surface area contributed by atoms with Gasteiger partial charge in [-0.2, -0.15) is 0 Å². The molecule has 0 saturated carbocycles. The van der Waals surface area contributed by atoms with Crippen LogP contribution in [-0.4, -0.2) is 19.9 Å². The molecule has 2 aromatic heterocycles. The second kappa shape index (κ2) is 8.07. The van der Waals surface area contributed by atoms with Crippen molar-refractivity contribution in [2.24, 2.45) is 0 Å². The lowest BCUT2D eigenvalue weighted by molar-refractivity contribution is 0.627. The highest BCUT2D eigenvalue weighted by Gasteiger charge is 2.32. The Labute approximate surface area is 224 Å². The molecule has 5 aromatic rings. The maximum absolute atomic E-state index is 14.2. The molecule has 182 valence electrons. The molecule has 0 amide bonds. The van der Waals surface area contributed by atoms with Crippen LogP contribution >= 0.6 is 0 Å². The summed E-state index contributed by atoms with van der Waals surface area (Å²) in [6, 6.07) is 15.2. The van der Waals surface area contributed by atoms with Gasteiger partial charge in [0.15, 0.2) is 0 Å². The van der Waals surface area contributed by atoms with Gasteiger partial charge in [-0.25, -0.2) is 48.9 Å². The fraction of sp³-hybridized carbons (Fsp3) is 0. The monoisotopic (exact) mass is 518 g/mol. The molecule has 3 aromatic carbocycles. The molecule has 0 spiro atoms. The summed E-state index contributed by atoms with van der Waals surface area (Å²) in [4.78, 5) is 25.6. The molecule has 0 aliphatic heterocycles. The number of benzene rings is 3. The normalized spacial score (nSPS) is 14.8. The summed E-state index contributed by atoms with van der Waals surface area (Å²) >= 11 is 0. The minimum absolute atomic E-state index is 0.213. The van der Waals surface area contributed by atoms with E-state index in [1.165, 1.54) is 36.4 Å². The summed E-state index contributed by atoms with van der Waals surface area (Å²) in [5.74, 6) is -1.05. The van der Waals surface area contributed by atoms with Gasteiger partial charge in [-0.3, -0.25) is 0 Å². The van der Waals surface area contributed by atoms with Gasteiger partial charge in [0, 0.05) is 22.3 Å². The molecule has 0 N–H and O–H groups in total. The second-order valence-electron chi connectivity index (χ2n) is 8.95. The summed E-state index contributed by atoms with van der Waals surface area (Å²) in [7, 11) is 0. The Morgan fingerprint density at radius 3 is 1.30 bits per heavy atom. The molecule has 0 radical (unpaired) electrons. The molecule has 0 saturated heterocycles. The Hall–Kier alpha value is -6.36. The van der Waals surface area contributed by atoms with Crippen molar-refractivity contribution in [3.63, 3.8) is 0 Å². The number of nitrogens with zero attached hydrogens (tertiary/aromatic N) is 8. The highest BCUT2D eigenvalue weighted by Crippen LogP contribution is 2.47. The van der Waals surface area contributed by atoms with Gasteiger partial charge >= 0.3 is 0 Å². The number of halogens is 2. The number of hydrogen-bond donors (Lipinski definition) is 0. The number of hydrogen-bond acceptors (Lipinski definition) is 6. The van der Waals surface area contributed by atoms with Crippen molar-refractivity contribution >= 4 is 33.2 Å². The summed E-state index contributed by atoms with van der Waals surface area (Å²) in [5.41, 5.74) is 4.79. The summed E-state index contributed by atoms with van der Waals surface area (Å²) in [6.07, 6.45) is 0. The molecule has 2 aliphatic carbocycles. The average molecular weight is 518 g/mol. The van der Waals surface area contributed by atoms with Crippen LogP contribution in [0.15, 0.2) is 59.9 Å². The smallest absolute Gasteiger partial charge is 0.245 e. The lowest BCUT2D eigenvalue weighted by Crippen LogP contribution is -1.97. The number of nitriles is 2. The lowest BCUT2D eigenvalue weighted by atomic mass is 10.0. The Bertz CT molecular complexity index is 2090. The van der Waals surface area contributed by atoms with E-state index in [0.29, 0.717) is 55.7 Å². The molecular weight excluding hydrogens is 510 g/mol. The van der Waals surface area contributed by atoms with Gasteiger partial charge in [-0.1, -0.05) is 0 Å². The molecule has 0 fully saturated rings. The first-order chi connectivity index (χ1) is 19.4. The maximum atomic E-state index is 14.2. The predicted octanol–water partition coefficient (Wildman–Crippen LogP) is 6.22. The van der Waals surface area contributed by atoms with Gasteiger partial charge in [0.2, 0.25) is 0 Å². The zero-order valence-corrected chi connectivity index (χ0v) is 20.0. The average Bonchev–Trinajstić information content (AvgIpc) is 3.42. The Kier molecular flexibility index (Phi) is 4.60. The zero-order valence-electron chi connectivity index (χ0n) is 20.0. The van der Waals surface area contributed by atoms with Crippen molar-refractivity contribution in [1.29, 1.82) is 10.5 Å². The van der Waals surface area contributed by atoms with E-state index in [-0.39, 0.29) is 33.9 Å². The highest BCUT2D eigenvalue weighted by atomic mass is 19.1. The van der Waals surface area contributed by atoms with Crippen LogP contribution in [0.1, 0.15) is 22.5 Å². The van der Waals surface area contributed by atoms with Gasteiger partial charge in [0.05, 0.1) is 70.1 Å². The molecule has 7 rings (SSSR count). The van der Waals surface area contributed by atoms with Crippen molar-refractivity contribution in [3.05, 3.63) is 117 Å². The molecule has 8 nitrogen and oxygen atoms in total. The van der Waals surface area contributed by atoms with Gasteiger partial charge < -0.3 is 0 Å². The Morgan fingerprint density at radius 1 is 0.575 bits per heavy atom. The summed E-state index contributed by atoms with van der Waals surface area (Å²) in [5, 5.41) is 19.2. The van der Waals surface area contributed by atoms with Crippen molar-refractivity contribution in [1.82, 2.24) is 19.9 Å². The van der Waals surface area contributed by atoms with Crippen molar-refractivity contribution in [2.75, 3.05) is 0 Å². The predicted molar refractivity (Wildman–Crippen MR) is 140 cm³/mol. The van der Waals surface area contributed by atoms with Crippen LogP contribution in [0.4, 0.5) is 8.78 Å².